The van der Waals surface area contributed by atoms with Gasteiger partial charge in [0.15, 0.2) is 12.4 Å². The van der Waals surface area contributed by atoms with Gasteiger partial charge in [0.25, 0.3) is 5.91 Å². The minimum atomic E-state index is -0.296. The molecule has 5 nitrogen and oxygen atoms in total. The Kier molecular flexibility index (Phi) is 4.72. The van der Waals surface area contributed by atoms with E-state index in [0.717, 1.165) is 16.3 Å². The van der Waals surface area contributed by atoms with Crippen LogP contribution < -0.4 is 11.1 Å². The van der Waals surface area contributed by atoms with E-state index in [2.05, 4.69) is 10.5 Å². The number of anilines is 1. The molecule has 0 saturated carbocycles. The molecule has 120 valence electrons. The Morgan fingerprint density at radius 3 is 2.46 bits per heavy atom. The van der Waals surface area contributed by atoms with Crippen molar-refractivity contribution >= 4 is 28.2 Å². The molecule has 0 atom stereocenters. The van der Waals surface area contributed by atoms with Crippen LogP contribution in [-0.2, 0) is 9.63 Å². The normalized spacial score (nSPS) is 11.2. The van der Waals surface area contributed by atoms with E-state index >= 15 is 0 Å². The molecule has 0 unspecified atom stereocenters. The van der Waals surface area contributed by atoms with Crippen molar-refractivity contribution in [3.05, 3.63) is 78.4 Å². The molecule has 0 aliphatic carbocycles. The number of fused-ring (bicyclic) bond motifs is 1. The fourth-order valence-corrected chi connectivity index (χ4v) is 2.29. The molecule has 0 radical (unpaired) electrons. The first-order valence-electron chi connectivity index (χ1n) is 7.52. The zero-order valence-corrected chi connectivity index (χ0v) is 13.0. The van der Waals surface area contributed by atoms with Crippen LogP contribution in [0.5, 0.6) is 0 Å². The lowest BCUT2D eigenvalue weighted by atomic mass is 10.1. The number of amides is 1. The van der Waals surface area contributed by atoms with E-state index in [1.165, 1.54) is 0 Å². The third-order valence-electron chi connectivity index (χ3n) is 3.46. The van der Waals surface area contributed by atoms with E-state index in [9.17, 15) is 4.79 Å². The number of hydrogen-bond acceptors (Lipinski definition) is 3. The monoisotopic (exact) mass is 319 g/mol. The number of hydrogen-bond donors (Lipinski definition) is 2. The van der Waals surface area contributed by atoms with Crippen molar-refractivity contribution in [2.75, 3.05) is 11.9 Å². The minimum Gasteiger partial charge on any atom is -0.384 e. The summed E-state index contributed by atoms with van der Waals surface area (Å²) in [7, 11) is 0. The molecule has 3 aromatic rings. The second-order valence-electron chi connectivity index (χ2n) is 5.23. The van der Waals surface area contributed by atoms with Gasteiger partial charge in [-0.05, 0) is 22.9 Å². The van der Waals surface area contributed by atoms with Gasteiger partial charge in [-0.25, -0.2) is 0 Å². The molecule has 5 heteroatoms. The molecule has 0 bridgehead atoms. The van der Waals surface area contributed by atoms with Gasteiger partial charge >= 0.3 is 0 Å². The van der Waals surface area contributed by atoms with E-state index in [1.807, 2.05) is 72.8 Å². The number of nitrogens with zero attached hydrogens (tertiary/aromatic N) is 1. The summed E-state index contributed by atoms with van der Waals surface area (Å²) in [6.45, 7) is -0.208. The summed E-state index contributed by atoms with van der Waals surface area (Å²) in [4.78, 5) is 16.9. The molecular weight excluding hydrogens is 302 g/mol. The fourth-order valence-electron chi connectivity index (χ4n) is 2.29. The van der Waals surface area contributed by atoms with Crippen LogP contribution in [0.1, 0.15) is 5.56 Å². The summed E-state index contributed by atoms with van der Waals surface area (Å²) in [6.07, 6.45) is 0. The highest BCUT2D eigenvalue weighted by Crippen LogP contribution is 2.18. The highest BCUT2D eigenvalue weighted by Gasteiger charge is 2.04. The first-order chi connectivity index (χ1) is 11.7. The van der Waals surface area contributed by atoms with Gasteiger partial charge in [-0.15, -0.1) is 0 Å². The summed E-state index contributed by atoms with van der Waals surface area (Å²) in [5.41, 5.74) is 7.24. The Morgan fingerprint density at radius 1 is 0.958 bits per heavy atom. The van der Waals surface area contributed by atoms with Crippen molar-refractivity contribution in [3.8, 4) is 0 Å². The maximum Gasteiger partial charge on any atom is 0.265 e. The Hall–Kier alpha value is -3.34. The Morgan fingerprint density at radius 2 is 1.67 bits per heavy atom. The van der Waals surface area contributed by atoms with Crippen molar-refractivity contribution < 1.29 is 9.63 Å². The summed E-state index contributed by atoms with van der Waals surface area (Å²) < 4.78 is 0. The van der Waals surface area contributed by atoms with Crippen LogP contribution in [0.25, 0.3) is 10.8 Å². The third-order valence-corrected chi connectivity index (χ3v) is 3.46. The van der Waals surface area contributed by atoms with Crippen LogP contribution in [0.3, 0.4) is 0 Å². The van der Waals surface area contributed by atoms with Gasteiger partial charge < -0.3 is 15.9 Å². The summed E-state index contributed by atoms with van der Waals surface area (Å²) in [5.74, 6) is -0.0657. The Labute approximate surface area is 139 Å². The van der Waals surface area contributed by atoms with Crippen molar-refractivity contribution in [3.63, 3.8) is 0 Å². The average molecular weight is 319 g/mol. The number of amidine groups is 1. The van der Waals surface area contributed by atoms with Gasteiger partial charge in [0.1, 0.15) is 0 Å². The molecule has 0 fully saturated rings. The van der Waals surface area contributed by atoms with E-state index in [-0.39, 0.29) is 18.3 Å². The first kappa shape index (κ1) is 15.6. The summed E-state index contributed by atoms with van der Waals surface area (Å²) in [5, 5.41) is 8.71. The number of carbonyl (C=O) groups excluding carboxylic acids is 1. The van der Waals surface area contributed by atoms with Crippen LogP contribution in [0.4, 0.5) is 5.69 Å². The van der Waals surface area contributed by atoms with Gasteiger partial charge in [0.2, 0.25) is 0 Å². The number of nitrogens with one attached hydrogen (secondary N) is 1. The molecule has 0 saturated heterocycles. The molecule has 0 aliphatic heterocycles. The van der Waals surface area contributed by atoms with Crippen molar-refractivity contribution in [2.45, 2.75) is 0 Å². The van der Waals surface area contributed by atoms with Crippen molar-refractivity contribution in [1.29, 1.82) is 0 Å². The SMILES string of the molecule is N/C(=N/OCC(=O)Nc1ccc2ccccc2c1)c1ccccc1. The van der Waals surface area contributed by atoms with Gasteiger partial charge in [0.05, 0.1) is 0 Å². The largest absolute Gasteiger partial charge is 0.384 e. The van der Waals surface area contributed by atoms with E-state index in [4.69, 9.17) is 10.6 Å². The molecule has 3 aromatic carbocycles. The van der Waals surface area contributed by atoms with Gasteiger partial charge in [-0.1, -0.05) is 65.8 Å². The van der Waals surface area contributed by atoms with Gasteiger partial charge in [0, 0.05) is 11.3 Å². The Bertz CT molecular complexity index is 876. The van der Waals surface area contributed by atoms with Crippen LogP contribution in [0.15, 0.2) is 78.0 Å². The van der Waals surface area contributed by atoms with Crippen LogP contribution in [0.2, 0.25) is 0 Å². The average Bonchev–Trinajstić information content (AvgIpc) is 2.62. The number of nitrogens with two attached hydrogens (primary N) is 1. The smallest absolute Gasteiger partial charge is 0.265 e. The van der Waals surface area contributed by atoms with Crippen LogP contribution >= 0.6 is 0 Å². The van der Waals surface area contributed by atoms with Gasteiger partial charge in [-0.3, -0.25) is 4.79 Å². The molecule has 24 heavy (non-hydrogen) atoms. The number of benzene rings is 3. The fraction of sp³-hybridized carbons (Fsp3) is 0.0526. The predicted molar refractivity (Wildman–Crippen MR) is 95.7 cm³/mol. The molecular formula is C19H17N3O2. The molecule has 1 amide bonds. The van der Waals surface area contributed by atoms with Crippen molar-refractivity contribution in [2.24, 2.45) is 10.9 Å². The second kappa shape index (κ2) is 7.28. The maximum atomic E-state index is 11.9. The molecule has 0 spiro atoms. The number of oxime groups is 1. The van der Waals surface area contributed by atoms with E-state index < -0.39 is 0 Å². The maximum absolute atomic E-state index is 11.9. The van der Waals surface area contributed by atoms with Crippen LogP contribution in [0, 0.1) is 0 Å². The number of carbonyl (C=O) groups is 1. The number of rotatable bonds is 5. The second-order valence-corrected chi connectivity index (χ2v) is 5.23. The van der Waals surface area contributed by atoms with Gasteiger partial charge in [-0.2, -0.15) is 0 Å². The van der Waals surface area contributed by atoms with Crippen LogP contribution in [-0.4, -0.2) is 18.3 Å². The molecule has 3 N–H and O–H groups in total. The quantitative estimate of drug-likeness (QED) is 0.431. The first-order valence-corrected chi connectivity index (χ1v) is 7.52. The highest BCUT2D eigenvalue weighted by atomic mass is 16.6. The molecule has 0 aliphatic rings. The lowest BCUT2D eigenvalue weighted by Gasteiger charge is -2.06. The zero-order chi connectivity index (χ0) is 16.8. The van der Waals surface area contributed by atoms with E-state index in [1.54, 1.807) is 0 Å². The minimum absolute atomic E-state index is 0.208. The molecule has 0 aromatic heterocycles. The lowest BCUT2D eigenvalue weighted by molar-refractivity contribution is -0.120. The third kappa shape index (κ3) is 3.89. The Balaban J connectivity index is 1.57. The highest BCUT2D eigenvalue weighted by molar-refractivity contribution is 5.97. The van der Waals surface area contributed by atoms with Crippen molar-refractivity contribution in [1.82, 2.24) is 0 Å². The van der Waals surface area contributed by atoms with E-state index in [0.29, 0.717) is 5.69 Å². The standard InChI is InChI=1S/C19H17N3O2/c20-19(15-7-2-1-3-8-15)22-24-13-18(23)21-17-11-10-14-6-4-5-9-16(14)12-17/h1-12H,13H2,(H2,20,22)(H,21,23). The lowest BCUT2D eigenvalue weighted by Crippen LogP contribution is -2.19. The zero-order valence-electron chi connectivity index (χ0n) is 13.0. The molecule has 0 heterocycles. The molecule has 3 rings (SSSR count). The summed E-state index contributed by atoms with van der Waals surface area (Å²) >= 11 is 0. The summed E-state index contributed by atoms with van der Waals surface area (Å²) in [6, 6.07) is 22.9. The predicted octanol–water partition coefficient (Wildman–Crippen LogP) is 3.12. The topological polar surface area (TPSA) is 76.7 Å².